The van der Waals surface area contributed by atoms with Crippen LogP contribution in [-0.2, 0) is 14.3 Å². The Morgan fingerprint density at radius 1 is 1.14 bits per heavy atom. The fourth-order valence-corrected chi connectivity index (χ4v) is 3.62. The van der Waals surface area contributed by atoms with Crippen LogP contribution < -0.4 is 15.5 Å². The van der Waals surface area contributed by atoms with Crippen LogP contribution in [0.3, 0.4) is 0 Å². The normalized spacial score (nSPS) is 15.0. The predicted octanol–water partition coefficient (Wildman–Crippen LogP) is 3.49. The van der Waals surface area contributed by atoms with Crippen molar-refractivity contribution in [2.24, 2.45) is 0 Å². The molecule has 3 rings (SSSR count). The van der Waals surface area contributed by atoms with Gasteiger partial charge in [-0.25, -0.2) is 0 Å². The Balaban J connectivity index is 1.76. The first-order valence-electron chi connectivity index (χ1n) is 9.27. The van der Waals surface area contributed by atoms with Crippen LogP contribution in [0.5, 0.6) is 0 Å². The maximum absolute atomic E-state index is 12.8. The van der Waals surface area contributed by atoms with Crippen molar-refractivity contribution in [3.8, 4) is 0 Å². The number of rotatable bonds is 6. The number of nitrogens with zero attached hydrogens (tertiary/aromatic N) is 1. The Morgan fingerprint density at radius 3 is 2.54 bits per heavy atom. The summed E-state index contributed by atoms with van der Waals surface area (Å²) in [4.78, 5) is 26.6. The van der Waals surface area contributed by atoms with Gasteiger partial charge in [0, 0.05) is 24.5 Å². The molecule has 1 heterocycles. The quantitative estimate of drug-likeness (QED) is 0.713. The molecule has 2 aromatic rings. The van der Waals surface area contributed by atoms with Crippen LogP contribution in [0, 0.1) is 0 Å². The molecule has 2 aromatic carbocycles. The van der Waals surface area contributed by atoms with E-state index >= 15 is 0 Å². The molecule has 1 saturated heterocycles. The van der Waals surface area contributed by atoms with E-state index in [1.165, 1.54) is 6.92 Å². The summed E-state index contributed by atoms with van der Waals surface area (Å²) in [5.74, 6) is -0.326. The summed E-state index contributed by atoms with van der Waals surface area (Å²) in [6.07, 6.45) is 0.151. The molecular weight excluding hydrogens is 422 g/mol. The molecule has 0 bridgehead atoms. The van der Waals surface area contributed by atoms with Gasteiger partial charge in [0.25, 0.3) is 0 Å². The maximum atomic E-state index is 12.8. The summed E-state index contributed by atoms with van der Waals surface area (Å²) < 4.78 is 6.32. The topological polar surface area (TPSA) is 70.7 Å². The lowest BCUT2D eigenvalue weighted by molar-refractivity contribution is -0.120. The highest BCUT2D eigenvalue weighted by Crippen LogP contribution is 2.30. The maximum Gasteiger partial charge on any atom is 0.226 e. The number of nitrogens with one attached hydrogen (secondary N) is 2. The van der Waals surface area contributed by atoms with E-state index in [2.05, 4.69) is 31.5 Å². The van der Waals surface area contributed by atoms with Crippen molar-refractivity contribution in [2.45, 2.75) is 19.4 Å². The molecule has 7 heteroatoms. The number of halogens is 1. The molecule has 148 valence electrons. The molecule has 6 nitrogen and oxygen atoms in total. The molecule has 2 N–H and O–H groups in total. The van der Waals surface area contributed by atoms with E-state index in [-0.39, 0.29) is 24.3 Å². The van der Waals surface area contributed by atoms with Gasteiger partial charge in [-0.1, -0.05) is 46.3 Å². The number of hydrogen-bond acceptors (Lipinski definition) is 4. The fraction of sp³-hybridized carbons (Fsp3) is 0.333. The van der Waals surface area contributed by atoms with Gasteiger partial charge in [-0.15, -0.1) is 0 Å². The number of benzene rings is 2. The third kappa shape index (κ3) is 5.56. The van der Waals surface area contributed by atoms with Crippen molar-refractivity contribution in [1.29, 1.82) is 0 Å². The first kappa shape index (κ1) is 20.4. The smallest absolute Gasteiger partial charge is 0.226 e. The summed E-state index contributed by atoms with van der Waals surface area (Å²) in [5, 5.41) is 5.89. The highest BCUT2D eigenvalue weighted by molar-refractivity contribution is 9.10. The molecule has 1 fully saturated rings. The molecular formula is C21H24BrN3O3. The number of hydrogen-bond donors (Lipinski definition) is 2. The van der Waals surface area contributed by atoms with E-state index < -0.39 is 0 Å². The number of anilines is 2. The molecule has 1 atom stereocenters. The van der Waals surface area contributed by atoms with E-state index in [1.54, 1.807) is 0 Å². The first-order valence-corrected chi connectivity index (χ1v) is 10.1. The molecule has 1 unspecified atom stereocenters. The Morgan fingerprint density at radius 2 is 1.86 bits per heavy atom. The van der Waals surface area contributed by atoms with Crippen molar-refractivity contribution >= 4 is 39.1 Å². The molecule has 28 heavy (non-hydrogen) atoms. The molecule has 1 aliphatic heterocycles. The van der Waals surface area contributed by atoms with Crippen molar-refractivity contribution in [1.82, 2.24) is 5.32 Å². The summed E-state index contributed by atoms with van der Waals surface area (Å²) in [7, 11) is 0. The van der Waals surface area contributed by atoms with Crippen molar-refractivity contribution in [3.05, 3.63) is 58.6 Å². The highest BCUT2D eigenvalue weighted by Gasteiger charge is 2.20. The monoisotopic (exact) mass is 445 g/mol. The summed E-state index contributed by atoms with van der Waals surface area (Å²) >= 11 is 3.48. The first-order chi connectivity index (χ1) is 13.5. The number of morpholine rings is 1. The standard InChI is InChI=1S/C21H24BrN3O3/c1-15(26)23-18(16-5-3-2-4-6-16)14-21(27)24-19-13-17(22)7-8-20(19)25-9-11-28-12-10-25/h2-8,13,18H,9-12,14H2,1H3,(H,23,26)(H,24,27). The van der Waals surface area contributed by atoms with Crippen LogP contribution in [0.1, 0.15) is 24.9 Å². The van der Waals surface area contributed by atoms with Crippen molar-refractivity contribution in [3.63, 3.8) is 0 Å². The zero-order valence-electron chi connectivity index (χ0n) is 15.8. The zero-order chi connectivity index (χ0) is 19.9. The lowest BCUT2D eigenvalue weighted by Crippen LogP contribution is -2.37. The molecule has 0 radical (unpaired) electrons. The highest BCUT2D eigenvalue weighted by atomic mass is 79.9. The third-order valence-electron chi connectivity index (χ3n) is 4.55. The van der Waals surface area contributed by atoms with E-state index in [0.29, 0.717) is 13.2 Å². The Kier molecular flexibility index (Phi) is 7.06. The molecule has 2 amide bonds. The van der Waals surface area contributed by atoms with Gasteiger partial charge in [-0.2, -0.15) is 0 Å². The van der Waals surface area contributed by atoms with E-state index in [1.807, 2.05) is 48.5 Å². The van der Waals surface area contributed by atoms with Gasteiger partial charge >= 0.3 is 0 Å². The van der Waals surface area contributed by atoms with Crippen molar-refractivity contribution in [2.75, 3.05) is 36.5 Å². The van der Waals surface area contributed by atoms with Gasteiger partial charge < -0.3 is 20.3 Å². The summed E-state index contributed by atoms with van der Waals surface area (Å²) in [6.45, 7) is 4.36. The second kappa shape index (κ2) is 9.71. The minimum atomic E-state index is -0.377. The number of amides is 2. The van der Waals surface area contributed by atoms with Gasteiger partial charge in [0.05, 0.1) is 37.1 Å². The molecule has 0 saturated carbocycles. The second-order valence-corrected chi connectivity index (χ2v) is 7.59. The summed E-state index contributed by atoms with van der Waals surface area (Å²) in [5.41, 5.74) is 2.61. The minimum Gasteiger partial charge on any atom is -0.378 e. The van der Waals surface area contributed by atoms with Crippen LogP contribution in [0.4, 0.5) is 11.4 Å². The van der Waals surface area contributed by atoms with Gasteiger partial charge in [-0.05, 0) is 23.8 Å². The van der Waals surface area contributed by atoms with Crippen LogP contribution >= 0.6 is 15.9 Å². The number of carbonyl (C=O) groups is 2. The van der Waals surface area contributed by atoms with E-state index in [0.717, 1.165) is 34.5 Å². The number of carbonyl (C=O) groups excluding carboxylic acids is 2. The van der Waals surface area contributed by atoms with Crippen LogP contribution in [0.2, 0.25) is 0 Å². The van der Waals surface area contributed by atoms with Gasteiger partial charge in [0.2, 0.25) is 11.8 Å². The third-order valence-corrected chi connectivity index (χ3v) is 5.05. The predicted molar refractivity (Wildman–Crippen MR) is 113 cm³/mol. The van der Waals surface area contributed by atoms with Crippen LogP contribution in [0.15, 0.2) is 53.0 Å². The lowest BCUT2D eigenvalue weighted by Gasteiger charge is -2.30. The molecule has 0 aromatic heterocycles. The SMILES string of the molecule is CC(=O)NC(CC(=O)Nc1cc(Br)ccc1N1CCOCC1)c1ccccc1. The van der Waals surface area contributed by atoms with Gasteiger partial charge in [0.15, 0.2) is 0 Å². The Labute approximate surface area is 173 Å². The van der Waals surface area contributed by atoms with Gasteiger partial charge in [-0.3, -0.25) is 9.59 Å². The molecule has 0 aliphatic carbocycles. The van der Waals surface area contributed by atoms with Crippen LogP contribution in [0.25, 0.3) is 0 Å². The average Bonchev–Trinajstić information content (AvgIpc) is 2.68. The van der Waals surface area contributed by atoms with Crippen LogP contribution in [-0.4, -0.2) is 38.1 Å². The second-order valence-electron chi connectivity index (χ2n) is 6.68. The largest absolute Gasteiger partial charge is 0.378 e. The van der Waals surface area contributed by atoms with E-state index in [4.69, 9.17) is 4.74 Å². The summed E-state index contributed by atoms with van der Waals surface area (Å²) in [6, 6.07) is 15.0. The number of ether oxygens (including phenoxy) is 1. The Bertz CT molecular complexity index is 823. The minimum absolute atomic E-state index is 0.151. The van der Waals surface area contributed by atoms with Gasteiger partial charge in [0.1, 0.15) is 0 Å². The van der Waals surface area contributed by atoms with E-state index in [9.17, 15) is 9.59 Å². The molecule has 0 spiro atoms. The Hall–Kier alpha value is -2.38. The lowest BCUT2D eigenvalue weighted by atomic mass is 10.0. The zero-order valence-corrected chi connectivity index (χ0v) is 17.4. The fourth-order valence-electron chi connectivity index (χ4n) is 3.26. The van der Waals surface area contributed by atoms with Crippen molar-refractivity contribution < 1.29 is 14.3 Å². The average molecular weight is 446 g/mol. The molecule has 1 aliphatic rings.